The molecule has 2 unspecified atom stereocenters. The van der Waals surface area contributed by atoms with E-state index in [4.69, 9.17) is 11.6 Å². The quantitative estimate of drug-likeness (QED) is 0.497. The maximum atomic E-state index is 13.3. The van der Waals surface area contributed by atoms with Crippen LogP contribution in [-0.4, -0.2) is 57.5 Å². The Morgan fingerprint density at radius 2 is 1.94 bits per heavy atom. The highest BCUT2D eigenvalue weighted by Gasteiger charge is 2.38. The second kappa shape index (κ2) is 11.6. The number of hydrogen-bond acceptors (Lipinski definition) is 5. The Morgan fingerprint density at radius 3 is 2.69 bits per heavy atom. The molecule has 2 aliphatic heterocycles. The average molecular weight is 519 g/mol. The molecule has 4 atom stereocenters. The van der Waals surface area contributed by atoms with Crippen LogP contribution in [0.1, 0.15) is 36.4 Å². The van der Waals surface area contributed by atoms with Gasteiger partial charge in [-0.2, -0.15) is 0 Å². The normalized spacial score (nSPS) is 21.5. The summed E-state index contributed by atoms with van der Waals surface area (Å²) in [5.41, 5.74) is 3.10. The Kier molecular flexibility index (Phi) is 8.49. The lowest BCUT2D eigenvalue weighted by atomic mass is 10.0. The molecule has 0 radical (unpaired) electrons. The van der Waals surface area contributed by atoms with Gasteiger partial charge in [-0.05, 0) is 66.5 Å². The highest BCUT2D eigenvalue weighted by molar-refractivity contribution is 8.03. The van der Waals surface area contributed by atoms with Crippen LogP contribution in [0.5, 0.6) is 0 Å². The Bertz CT molecular complexity index is 1100. The van der Waals surface area contributed by atoms with E-state index >= 15 is 0 Å². The number of carbonyl (C=O) groups excluding carboxylic acids is 2. The number of carbonyl (C=O) groups is 2. The van der Waals surface area contributed by atoms with Crippen LogP contribution in [0.4, 0.5) is 4.39 Å². The summed E-state index contributed by atoms with van der Waals surface area (Å²) in [5, 5.41) is 26.4. The van der Waals surface area contributed by atoms with E-state index in [9.17, 15) is 24.2 Å². The summed E-state index contributed by atoms with van der Waals surface area (Å²) in [4.78, 5) is 26.8. The first-order chi connectivity index (χ1) is 16.8. The van der Waals surface area contributed by atoms with Gasteiger partial charge < -0.3 is 20.4 Å². The maximum absolute atomic E-state index is 13.3. The molecule has 2 aromatic rings. The number of hydrogen-bond donors (Lipinski definition) is 3. The van der Waals surface area contributed by atoms with Gasteiger partial charge in [0.2, 0.25) is 0 Å². The second-order valence-corrected chi connectivity index (χ2v) is 10.5. The molecule has 0 aliphatic carbocycles. The molecule has 0 bridgehead atoms. The zero-order valence-electron chi connectivity index (χ0n) is 19.1. The predicted octanol–water partition coefficient (Wildman–Crippen LogP) is 3.61. The van der Waals surface area contributed by atoms with Crippen LogP contribution in [0.2, 0.25) is 5.02 Å². The van der Waals surface area contributed by atoms with Gasteiger partial charge in [-0.1, -0.05) is 41.4 Å². The third-order valence-electron chi connectivity index (χ3n) is 6.35. The standard InChI is InChI=1S/C26H28ClFN2O4S/c27-19-4-1-3-16(12-19)11-17-13-21(35-15-17)14-29-25(33)23(31)24(32)26(34)30-10-2-5-22(30)18-6-8-20(28)9-7-18/h1,3-4,6-9,12,15,21-24,31-32H,2,5,10-11,13-14H2,(H,29,33)/t21?,22?,23-,24-/m1/s1. The van der Waals surface area contributed by atoms with Gasteiger partial charge in [0.05, 0.1) is 6.04 Å². The molecule has 2 aromatic carbocycles. The topological polar surface area (TPSA) is 89.9 Å². The lowest BCUT2D eigenvalue weighted by molar-refractivity contribution is -0.153. The van der Waals surface area contributed by atoms with Crippen molar-refractivity contribution in [1.29, 1.82) is 0 Å². The Hall–Kier alpha value is -2.39. The van der Waals surface area contributed by atoms with Gasteiger partial charge in [0.25, 0.3) is 11.8 Å². The van der Waals surface area contributed by atoms with Crippen molar-refractivity contribution in [1.82, 2.24) is 10.2 Å². The zero-order valence-corrected chi connectivity index (χ0v) is 20.6. The summed E-state index contributed by atoms with van der Waals surface area (Å²) < 4.78 is 13.3. The SMILES string of the molecule is O=C(NCC1CC(Cc2cccc(Cl)c2)=CS1)[C@H](O)[C@@H](O)C(=O)N1CCCC1c1ccc(F)cc1. The molecule has 0 aromatic heterocycles. The molecule has 0 saturated carbocycles. The summed E-state index contributed by atoms with van der Waals surface area (Å²) in [6.07, 6.45) is -0.811. The number of rotatable bonds is 8. The fraction of sp³-hybridized carbons (Fsp3) is 0.385. The summed E-state index contributed by atoms with van der Waals surface area (Å²) >= 11 is 7.66. The number of amides is 2. The summed E-state index contributed by atoms with van der Waals surface area (Å²) in [7, 11) is 0. The number of aliphatic hydroxyl groups excluding tert-OH is 2. The van der Waals surface area contributed by atoms with Crippen LogP contribution < -0.4 is 5.32 Å². The molecule has 9 heteroatoms. The number of nitrogens with one attached hydrogen (secondary N) is 1. The lowest BCUT2D eigenvalue weighted by Gasteiger charge is -2.28. The van der Waals surface area contributed by atoms with Crippen molar-refractivity contribution in [2.75, 3.05) is 13.1 Å². The molecule has 35 heavy (non-hydrogen) atoms. The second-order valence-electron chi connectivity index (χ2n) is 8.92. The zero-order chi connectivity index (χ0) is 24.9. The molecule has 6 nitrogen and oxygen atoms in total. The Balaban J connectivity index is 1.26. The van der Waals surface area contributed by atoms with Gasteiger partial charge in [0.1, 0.15) is 5.82 Å². The number of nitrogens with zero attached hydrogens (tertiary/aromatic N) is 1. The third kappa shape index (κ3) is 6.44. The first-order valence-electron chi connectivity index (χ1n) is 11.6. The van der Waals surface area contributed by atoms with E-state index in [0.29, 0.717) is 31.0 Å². The summed E-state index contributed by atoms with van der Waals surface area (Å²) in [5.74, 6) is -1.86. The molecule has 2 heterocycles. The number of benzene rings is 2. The maximum Gasteiger partial charge on any atom is 0.255 e. The molecule has 1 saturated heterocycles. The van der Waals surface area contributed by atoms with Gasteiger partial charge in [0.15, 0.2) is 12.2 Å². The first-order valence-corrected chi connectivity index (χ1v) is 12.9. The van der Waals surface area contributed by atoms with Crippen molar-refractivity contribution in [3.63, 3.8) is 0 Å². The number of likely N-dealkylation sites (tertiary alicyclic amines) is 1. The minimum atomic E-state index is -1.87. The highest BCUT2D eigenvalue weighted by Crippen LogP contribution is 2.33. The molecule has 186 valence electrons. The minimum absolute atomic E-state index is 0.106. The van der Waals surface area contributed by atoms with Gasteiger partial charge in [0, 0.05) is 23.4 Å². The molecule has 0 spiro atoms. The smallest absolute Gasteiger partial charge is 0.255 e. The number of allylic oxidation sites excluding steroid dienone is 1. The molecule has 2 aliphatic rings. The van der Waals surface area contributed by atoms with E-state index in [1.54, 1.807) is 23.9 Å². The molecular formula is C26H28ClFN2O4S. The molecule has 4 rings (SSSR count). The van der Waals surface area contributed by atoms with Crippen LogP contribution in [-0.2, 0) is 16.0 Å². The van der Waals surface area contributed by atoms with E-state index in [1.165, 1.54) is 22.6 Å². The fourth-order valence-electron chi connectivity index (χ4n) is 4.55. The molecule has 1 fully saturated rings. The average Bonchev–Trinajstić information content (AvgIpc) is 3.51. The van der Waals surface area contributed by atoms with Crippen molar-refractivity contribution in [2.24, 2.45) is 0 Å². The fourth-order valence-corrected chi connectivity index (χ4v) is 5.82. The summed E-state index contributed by atoms with van der Waals surface area (Å²) in [6, 6.07) is 13.2. The number of thioether (sulfide) groups is 1. The van der Waals surface area contributed by atoms with E-state index in [1.807, 2.05) is 24.3 Å². The van der Waals surface area contributed by atoms with Gasteiger partial charge in [-0.3, -0.25) is 9.59 Å². The number of halogens is 2. The highest BCUT2D eigenvalue weighted by atomic mass is 35.5. The van der Waals surface area contributed by atoms with Crippen LogP contribution in [0.3, 0.4) is 0 Å². The van der Waals surface area contributed by atoms with Gasteiger partial charge in [-0.15, -0.1) is 11.8 Å². The van der Waals surface area contributed by atoms with Crippen LogP contribution in [0, 0.1) is 5.82 Å². The Morgan fingerprint density at radius 1 is 1.17 bits per heavy atom. The third-order valence-corrected chi connectivity index (χ3v) is 7.78. The number of aliphatic hydroxyl groups is 2. The molecule has 3 N–H and O–H groups in total. The largest absolute Gasteiger partial charge is 0.380 e. The van der Waals surface area contributed by atoms with E-state index in [-0.39, 0.29) is 17.1 Å². The van der Waals surface area contributed by atoms with Crippen molar-refractivity contribution in [3.05, 3.63) is 81.5 Å². The lowest BCUT2D eigenvalue weighted by Crippen LogP contribution is -2.51. The first kappa shape index (κ1) is 25.7. The van der Waals surface area contributed by atoms with Crippen molar-refractivity contribution in [2.45, 2.75) is 49.2 Å². The van der Waals surface area contributed by atoms with Crippen molar-refractivity contribution in [3.8, 4) is 0 Å². The molecular weight excluding hydrogens is 491 g/mol. The predicted molar refractivity (Wildman–Crippen MR) is 134 cm³/mol. The minimum Gasteiger partial charge on any atom is -0.380 e. The van der Waals surface area contributed by atoms with Gasteiger partial charge in [-0.25, -0.2) is 4.39 Å². The monoisotopic (exact) mass is 518 g/mol. The van der Waals surface area contributed by atoms with E-state index in [2.05, 4.69) is 10.7 Å². The van der Waals surface area contributed by atoms with Crippen molar-refractivity contribution < 1.29 is 24.2 Å². The van der Waals surface area contributed by atoms with Crippen LogP contribution in [0.25, 0.3) is 0 Å². The van der Waals surface area contributed by atoms with Gasteiger partial charge >= 0.3 is 0 Å². The Labute approximate surface area is 213 Å². The summed E-state index contributed by atoms with van der Waals surface area (Å²) in [6.45, 7) is 0.699. The van der Waals surface area contributed by atoms with E-state index in [0.717, 1.165) is 24.0 Å². The molecule has 2 amide bonds. The van der Waals surface area contributed by atoms with E-state index < -0.39 is 24.0 Å². The van der Waals surface area contributed by atoms with Crippen LogP contribution in [0.15, 0.2) is 59.5 Å². The van der Waals surface area contributed by atoms with Crippen LogP contribution >= 0.6 is 23.4 Å². The van der Waals surface area contributed by atoms with Crippen molar-refractivity contribution >= 4 is 35.2 Å².